The summed E-state index contributed by atoms with van der Waals surface area (Å²) < 4.78 is 39.3. The van der Waals surface area contributed by atoms with Gasteiger partial charge in [0.15, 0.2) is 0 Å². The third kappa shape index (κ3) is 4.20. The molecule has 1 aliphatic heterocycles. The minimum absolute atomic E-state index is 0.231. The Morgan fingerprint density at radius 2 is 1.81 bits per heavy atom. The van der Waals surface area contributed by atoms with Crippen LogP contribution >= 0.6 is 0 Å². The van der Waals surface area contributed by atoms with Gasteiger partial charge in [0.2, 0.25) is 0 Å². The predicted octanol–water partition coefficient (Wildman–Crippen LogP) is 3.67. The summed E-state index contributed by atoms with van der Waals surface area (Å²) in [5, 5.41) is 3.30. The average molecular weight is 300 g/mol. The largest absolute Gasteiger partial charge is 0.416 e. The number of piperidine rings is 1. The lowest BCUT2D eigenvalue weighted by atomic mass is 10.00. The Labute approximate surface area is 124 Å². The second-order valence-corrected chi connectivity index (χ2v) is 5.90. The van der Waals surface area contributed by atoms with E-state index in [1.54, 1.807) is 12.1 Å². The first kappa shape index (κ1) is 16.3. The summed E-state index contributed by atoms with van der Waals surface area (Å²) in [5.41, 5.74) is -0.137. The van der Waals surface area contributed by atoms with Gasteiger partial charge >= 0.3 is 6.18 Å². The number of hydrogen-bond donors (Lipinski definition) is 1. The SMILES string of the molecule is CC(C)N(Cc1ccccc1C(F)(F)F)C1CCNCC1. The number of alkyl halides is 3. The molecule has 0 bridgehead atoms. The third-order valence-corrected chi connectivity index (χ3v) is 4.12. The average Bonchev–Trinajstić information content (AvgIpc) is 2.44. The molecule has 1 aromatic carbocycles. The van der Waals surface area contributed by atoms with Crippen molar-refractivity contribution in [3.63, 3.8) is 0 Å². The number of halogens is 3. The number of nitrogens with zero attached hydrogens (tertiary/aromatic N) is 1. The van der Waals surface area contributed by atoms with E-state index in [1.807, 2.05) is 0 Å². The lowest BCUT2D eigenvalue weighted by molar-refractivity contribution is -0.138. The number of benzene rings is 1. The molecule has 1 aromatic rings. The van der Waals surface area contributed by atoms with Gasteiger partial charge < -0.3 is 5.32 Å². The van der Waals surface area contributed by atoms with Gasteiger partial charge in [-0.1, -0.05) is 18.2 Å². The molecule has 5 heteroatoms. The van der Waals surface area contributed by atoms with Gasteiger partial charge in [-0.15, -0.1) is 0 Å². The fourth-order valence-corrected chi connectivity index (χ4v) is 3.00. The van der Waals surface area contributed by atoms with Crippen molar-refractivity contribution < 1.29 is 13.2 Å². The zero-order chi connectivity index (χ0) is 15.5. The molecule has 0 aromatic heterocycles. The van der Waals surface area contributed by atoms with Crippen molar-refractivity contribution in [2.45, 2.75) is 51.5 Å². The minimum atomic E-state index is -4.28. The summed E-state index contributed by atoms with van der Waals surface area (Å²) in [6.45, 7) is 6.35. The fraction of sp³-hybridized carbons (Fsp3) is 0.625. The van der Waals surface area contributed by atoms with E-state index in [0.29, 0.717) is 18.2 Å². The Kier molecular flexibility index (Phi) is 5.27. The molecule has 1 saturated heterocycles. The van der Waals surface area contributed by atoms with Crippen LogP contribution in [0.15, 0.2) is 24.3 Å². The monoisotopic (exact) mass is 300 g/mol. The quantitative estimate of drug-likeness (QED) is 0.913. The van der Waals surface area contributed by atoms with Crippen LogP contribution in [0.25, 0.3) is 0 Å². The van der Waals surface area contributed by atoms with Crippen molar-refractivity contribution in [1.29, 1.82) is 0 Å². The van der Waals surface area contributed by atoms with Gasteiger partial charge in [0.25, 0.3) is 0 Å². The van der Waals surface area contributed by atoms with Crippen LogP contribution < -0.4 is 5.32 Å². The normalized spacial score (nSPS) is 17.7. The highest BCUT2D eigenvalue weighted by Gasteiger charge is 2.34. The van der Waals surface area contributed by atoms with Crippen LogP contribution in [0.1, 0.15) is 37.8 Å². The van der Waals surface area contributed by atoms with Crippen LogP contribution in [0.5, 0.6) is 0 Å². The molecule has 0 spiro atoms. The second kappa shape index (κ2) is 6.79. The summed E-state index contributed by atoms with van der Waals surface area (Å²) in [6, 6.07) is 6.50. The van der Waals surface area contributed by atoms with E-state index in [1.165, 1.54) is 12.1 Å². The molecule has 0 unspecified atom stereocenters. The standard InChI is InChI=1S/C16H23F3N2/c1-12(2)21(14-7-9-20-10-8-14)11-13-5-3-4-6-15(13)16(17,18)19/h3-6,12,14,20H,7-11H2,1-2H3. The Morgan fingerprint density at radius 1 is 1.19 bits per heavy atom. The molecular weight excluding hydrogens is 277 g/mol. The third-order valence-electron chi connectivity index (χ3n) is 4.12. The maximum atomic E-state index is 13.1. The van der Waals surface area contributed by atoms with Gasteiger partial charge in [-0.3, -0.25) is 4.90 Å². The molecule has 0 radical (unpaired) electrons. The van der Waals surface area contributed by atoms with Crippen LogP contribution in [0.4, 0.5) is 13.2 Å². The molecule has 118 valence electrons. The summed E-state index contributed by atoms with van der Waals surface area (Å²) >= 11 is 0. The molecule has 1 aliphatic rings. The van der Waals surface area contributed by atoms with Crippen molar-refractivity contribution in [3.05, 3.63) is 35.4 Å². The Bertz CT molecular complexity index is 451. The summed E-state index contributed by atoms with van der Waals surface area (Å²) in [4.78, 5) is 2.20. The second-order valence-electron chi connectivity index (χ2n) is 5.90. The summed E-state index contributed by atoms with van der Waals surface area (Å²) in [7, 11) is 0. The first-order chi connectivity index (χ1) is 9.89. The molecule has 0 saturated carbocycles. The molecule has 2 rings (SSSR count). The van der Waals surface area contributed by atoms with E-state index in [-0.39, 0.29) is 6.04 Å². The van der Waals surface area contributed by atoms with Crippen molar-refractivity contribution in [2.24, 2.45) is 0 Å². The van der Waals surface area contributed by atoms with E-state index in [2.05, 4.69) is 24.1 Å². The first-order valence-electron chi connectivity index (χ1n) is 7.51. The van der Waals surface area contributed by atoms with Crippen LogP contribution in [-0.4, -0.2) is 30.1 Å². The molecular formula is C16H23F3N2. The van der Waals surface area contributed by atoms with Gasteiger partial charge in [0.1, 0.15) is 0 Å². The summed E-state index contributed by atoms with van der Waals surface area (Å²) in [6.07, 6.45) is -2.30. The highest BCUT2D eigenvalue weighted by atomic mass is 19.4. The highest BCUT2D eigenvalue weighted by Crippen LogP contribution is 2.33. The molecule has 1 fully saturated rings. The molecule has 1 heterocycles. The predicted molar refractivity (Wildman–Crippen MR) is 78.0 cm³/mol. The maximum Gasteiger partial charge on any atom is 0.416 e. The van der Waals surface area contributed by atoms with Crippen LogP contribution in [0.3, 0.4) is 0 Å². The van der Waals surface area contributed by atoms with E-state index in [0.717, 1.165) is 25.9 Å². The van der Waals surface area contributed by atoms with Crippen LogP contribution in [0.2, 0.25) is 0 Å². The van der Waals surface area contributed by atoms with E-state index < -0.39 is 11.7 Å². The van der Waals surface area contributed by atoms with Gasteiger partial charge in [-0.2, -0.15) is 13.2 Å². The van der Waals surface area contributed by atoms with Gasteiger partial charge in [0, 0.05) is 18.6 Å². The lowest BCUT2D eigenvalue weighted by Crippen LogP contribution is -2.46. The molecule has 0 aliphatic carbocycles. The number of nitrogens with one attached hydrogen (secondary N) is 1. The Balaban J connectivity index is 2.21. The minimum Gasteiger partial charge on any atom is -0.317 e. The molecule has 0 amide bonds. The topological polar surface area (TPSA) is 15.3 Å². The van der Waals surface area contributed by atoms with E-state index >= 15 is 0 Å². The van der Waals surface area contributed by atoms with Gasteiger partial charge in [-0.05, 0) is 51.4 Å². The number of hydrogen-bond acceptors (Lipinski definition) is 2. The molecule has 1 N–H and O–H groups in total. The Hall–Kier alpha value is -1.07. The van der Waals surface area contributed by atoms with Crippen molar-refractivity contribution >= 4 is 0 Å². The van der Waals surface area contributed by atoms with Crippen molar-refractivity contribution in [2.75, 3.05) is 13.1 Å². The Morgan fingerprint density at radius 3 is 2.38 bits per heavy atom. The summed E-state index contributed by atoms with van der Waals surface area (Å²) in [5.74, 6) is 0. The zero-order valence-electron chi connectivity index (χ0n) is 12.6. The highest BCUT2D eigenvalue weighted by molar-refractivity contribution is 5.29. The smallest absolute Gasteiger partial charge is 0.317 e. The maximum absolute atomic E-state index is 13.1. The van der Waals surface area contributed by atoms with Crippen LogP contribution in [0, 0.1) is 0 Å². The molecule has 2 nitrogen and oxygen atoms in total. The first-order valence-corrected chi connectivity index (χ1v) is 7.51. The zero-order valence-corrected chi connectivity index (χ0v) is 12.6. The van der Waals surface area contributed by atoms with Crippen LogP contribution in [-0.2, 0) is 12.7 Å². The molecule has 0 atom stereocenters. The van der Waals surface area contributed by atoms with E-state index in [4.69, 9.17) is 0 Å². The fourth-order valence-electron chi connectivity index (χ4n) is 3.00. The van der Waals surface area contributed by atoms with Gasteiger partial charge in [0.05, 0.1) is 5.56 Å². The van der Waals surface area contributed by atoms with Gasteiger partial charge in [-0.25, -0.2) is 0 Å². The lowest BCUT2D eigenvalue weighted by Gasteiger charge is -2.38. The molecule has 21 heavy (non-hydrogen) atoms. The number of rotatable bonds is 4. The van der Waals surface area contributed by atoms with E-state index in [9.17, 15) is 13.2 Å². The van der Waals surface area contributed by atoms with Crippen molar-refractivity contribution in [3.8, 4) is 0 Å². The van der Waals surface area contributed by atoms with Crippen molar-refractivity contribution in [1.82, 2.24) is 10.2 Å².